The lowest BCUT2D eigenvalue weighted by Gasteiger charge is -1.91. The maximum atomic E-state index is 10.3. The van der Waals surface area contributed by atoms with Crippen LogP contribution in [-0.4, -0.2) is 15.6 Å². The van der Waals surface area contributed by atoms with Gasteiger partial charge in [-0.25, -0.2) is 14.3 Å². The Morgan fingerprint density at radius 1 is 1.89 bits per heavy atom. The first-order valence-electron chi connectivity index (χ1n) is 2.20. The third-order valence-corrected chi connectivity index (χ3v) is 1.11. The predicted octanol–water partition coefficient (Wildman–Crippen LogP) is 0.463. The average Bonchev–Trinajstić information content (AvgIpc) is 2.13. The standard InChI is InChI=1S/C4H4ClN3O/c5-3-7-1-2-8(3)4(6)9/h1-2H,(H2,6,9). The smallest absolute Gasteiger partial charge is 0.325 e. The summed E-state index contributed by atoms with van der Waals surface area (Å²) in [4.78, 5) is 13.9. The first kappa shape index (κ1) is 6.10. The van der Waals surface area contributed by atoms with Crippen molar-refractivity contribution >= 4 is 17.6 Å². The fraction of sp³-hybridized carbons (Fsp3) is 0. The zero-order valence-corrected chi connectivity index (χ0v) is 5.17. The van der Waals surface area contributed by atoms with Crippen molar-refractivity contribution < 1.29 is 4.79 Å². The summed E-state index contributed by atoms with van der Waals surface area (Å²) in [6.07, 6.45) is 2.79. The van der Waals surface area contributed by atoms with Crippen LogP contribution in [-0.2, 0) is 0 Å². The Balaban J connectivity index is 3.08. The van der Waals surface area contributed by atoms with Crippen molar-refractivity contribution in [2.75, 3.05) is 0 Å². The van der Waals surface area contributed by atoms with Gasteiger partial charge in [-0.1, -0.05) is 0 Å². The van der Waals surface area contributed by atoms with E-state index in [1.165, 1.54) is 12.4 Å². The van der Waals surface area contributed by atoms with Crippen molar-refractivity contribution in [3.8, 4) is 0 Å². The van der Waals surface area contributed by atoms with Crippen molar-refractivity contribution in [2.24, 2.45) is 5.73 Å². The van der Waals surface area contributed by atoms with Gasteiger partial charge in [-0.15, -0.1) is 0 Å². The highest BCUT2D eigenvalue weighted by Gasteiger charge is 2.01. The molecule has 5 heteroatoms. The summed E-state index contributed by atoms with van der Waals surface area (Å²) in [7, 11) is 0. The van der Waals surface area contributed by atoms with Crippen LogP contribution in [0.4, 0.5) is 4.79 Å². The molecule has 0 atom stereocenters. The van der Waals surface area contributed by atoms with E-state index in [0.29, 0.717) is 0 Å². The van der Waals surface area contributed by atoms with Crippen LogP contribution < -0.4 is 5.73 Å². The average molecular weight is 146 g/mol. The molecule has 9 heavy (non-hydrogen) atoms. The lowest BCUT2D eigenvalue weighted by molar-refractivity contribution is 0.250. The Bertz CT molecular complexity index is 231. The summed E-state index contributed by atoms with van der Waals surface area (Å²) in [5.41, 5.74) is 4.86. The summed E-state index contributed by atoms with van der Waals surface area (Å²) in [6.45, 7) is 0. The van der Waals surface area contributed by atoms with Gasteiger partial charge in [-0.3, -0.25) is 0 Å². The molecule has 0 radical (unpaired) electrons. The number of rotatable bonds is 0. The zero-order valence-electron chi connectivity index (χ0n) is 4.41. The van der Waals surface area contributed by atoms with Crippen LogP contribution in [0, 0.1) is 0 Å². The fourth-order valence-electron chi connectivity index (χ4n) is 0.450. The van der Waals surface area contributed by atoms with Gasteiger partial charge in [-0.2, -0.15) is 0 Å². The molecule has 1 rings (SSSR count). The SMILES string of the molecule is NC(=O)n1ccnc1Cl. The van der Waals surface area contributed by atoms with E-state index in [0.717, 1.165) is 4.57 Å². The largest absolute Gasteiger partial charge is 0.351 e. The fourth-order valence-corrected chi connectivity index (χ4v) is 0.646. The van der Waals surface area contributed by atoms with Crippen LogP contribution in [0.3, 0.4) is 0 Å². The molecule has 48 valence electrons. The molecule has 0 unspecified atom stereocenters. The summed E-state index contributed by atoms with van der Waals surface area (Å²) in [6, 6.07) is -0.627. The topological polar surface area (TPSA) is 60.9 Å². The van der Waals surface area contributed by atoms with Crippen LogP contribution in [0.5, 0.6) is 0 Å². The second-order valence-electron chi connectivity index (χ2n) is 1.40. The molecule has 0 aliphatic carbocycles. The Labute approximate surface area is 56.2 Å². The van der Waals surface area contributed by atoms with E-state index in [4.69, 9.17) is 17.3 Å². The van der Waals surface area contributed by atoms with Gasteiger partial charge in [0, 0.05) is 12.4 Å². The van der Waals surface area contributed by atoms with E-state index in [1.807, 2.05) is 0 Å². The highest BCUT2D eigenvalue weighted by Crippen LogP contribution is 2.01. The molecule has 1 amide bonds. The number of hydrogen-bond donors (Lipinski definition) is 1. The number of halogens is 1. The van der Waals surface area contributed by atoms with Crippen LogP contribution in [0.2, 0.25) is 5.28 Å². The van der Waals surface area contributed by atoms with Gasteiger partial charge < -0.3 is 5.73 Å². The van der Waals surface area contributed by atoms with Gasteiger partial charge in [0.15, 0.2) is 0 Å². The Kier molecular flexibility index (Phi) is 1.40. The molecule has 1 aromatic rings. The molecule has 2 N–H and O–H groups in total. The van der Waals surface area contributed by atoms with Gasteiger partial charge in [0.1, 0.15) is 0 Å². The molecule has 0 saturated carbocycles. The second-order valence-corrected chi connectivity index (χ2v) is 1.74. The molecule has 0 fully saturated rings. The number of hydrogen-bond acceptors (Lipinski definition) is 2. The second kappa shape index (κ2) is 2.06. The van der Waals surface area contributed by atoms with Gasteiger partial charge in [0.25, 0.3) is 0 Å². The Hall–Kier alpha value is -1.03. The monoisotopic (exact) mass is 145 g/mol. The molecular weight excluding hydrogens is 142 g/mol. The van der Waals surface area contributed by atoms with Crippen LogP contribution >= 0.6 is 11.6 Å². The molecule has 0 aromatic carbocycles. The maximum absolute atomic E-state index is 10.3. The molecule has 0 bridgehead atoms. The van der Waals surface area contributed by atoms with Crippen molar-refractivity contribution in [1.29, 1.82) is 0 Å². The summed E-state index contributed by atoms with van der Waals surface area (Å²) in [5, 5.41) is 0.0856. The van der Waals surface area contributed by atoms with Crippen molar-refractivity contribution in [3.63, 3.8) is 0 Å². The number of amides is 1. The van der Waals surface area contributed by atoms with E-state index < -0.39 is 6.03 Å². The van der Waals surface area contributed by atoms with Gasteiger partial charge in [0.2, 0.25) is 5.28 Å². The van der Waals surface area contributed by atoms with Gasteiger partial charge >= 0.3 is 6.03 Å². The quantitative estimate of drug-likeness (QED) is 0.577. The van der Waals surface area contributed by atoms with Gasteiger partial charge in [-0.05, 0) is 11.6 Å². The predicted molar refractivity (Wildman–Crippen MR) is 32.2 cm³/mol. The summed E-state index contributed by atoms with van der Waals surface area (Å²) >= 11 is 5.39. The number of carbonyl (C=O) groups excluding carboxylic acids is 1. The van der Waals surface area contributed by atoms with Crippen LogP contribution in [0.1, 0.15) is 0 Å². The molecule has 0 aliphatic heterocycles. The first-order valence-corrected chi connectivity index (χ1v) is 2.58. The first-order chi connectivity index (χ1) is 4.22. The van der Waals surface area contributed by atoms with E-state index >= 15 is 0 Å². The zero-order chi connectivity index (χ0) is 6.85. The number of imidazole rings is 1. The Morgan fingerprint density at radius 3 is 2.78 bits per heavy atom. The van der Waals surface area contributed by atoms with Crippen LogP contribution in [0.15, 0.2) is 12.4 Å². The molecule has 1 aromatic heterocycles. The van der Waals surface area contributed by atoms with Crippen molar-refractivity contribution in [2.45, 2.75) is 0 Å². The van der Waals surface area contributed by atoms with Crippen molar-refractivity contribution in [3.05, 3.63) is 17.7 Å². The highest BCUT2D eigenvalue weighted by atomic mass is 35.5. The number of carbonyl (C=O) groups is 1. The molecule has 0 spiro atoms. The van der Waals surface area contributed by atoms with E-state index in [1.54, 1.807) is 0 Å². The molecule has 0 aliphatic rings. The minimum atomic E-state index is -0.627. The normalized spacial score (nSPS) is 9.44. The minimum Gasteiger partial charge on any atom is -0.351 e. The van der Waals surface area contributed by atoms with Gasteiger partial charge in [0.05, 0.1) is 0 Å². The molecule has 1 heterocycles. The molecule has 0 saturated heterocycles. The minimum absolute atomic E-state index is 0.0856. The van der Waals surface area contributed by atoms with E-state index in [-0.39, 0.29) is 5.28 Å². The lowest BCUT2D eigenvalue weighted by Crippen LogP contribution is -2.18. The highest BCUT2D eigenvalue weighted by molar-refractivity contribution is 6.29. The summed E-state index contributed by atoms with van der Waals surface area (Å²) < 4.78 is 1.04. The third kappa shape index (κ3) is 1.02. The number of aromatic nitrogens is 2. The molecular formula is C4H4ClN3O. The lowest BCUT2D eigenvalue weighted by atomic mass is 10.9. The van der Waals surface area contributed by atoms with Crippen LogP contribution in [0.25, 0.3) is 0 Å². The third-order valence-electron chi connectivity index (χ3n) is 0.833. The number of primary amides is 1. The molecule has 4 nitrogen and oxygen atoms in total. The number of nitrogens with two attached hydrogens (primary N) is 1. The Morgan fingerprint density at radius 2 is 2.56 bits per heavy atom. The summed E-state index contributed by atoms with van der Waals surface area (Å²) in [5.74, 6) is 0. The number of nitrogens with zero attached hydrogens (tertiary/aromatic N) is 2. The maximum Gasteiger partial charge on any atom is 0.325 e. The van der Waals surface area contributed by atoms with Crippen molar-refractivity contribution in [1.82, 2.24) is 9.55 Å². The van der Waals surface area contributed by atoms with E-state index in [2.05, 4.69) is 4.98 Å². The van der Waals surface area contributed by atoms with E-state index in [9.17, 15) is 4.79 Å².